The van der Waals surface area contributed by atoms with Crippen LogP contribution in [0.3, 0.4) is 0 Å². The Bertz CT molecular complexity index is 1110. The molecule has 5 rings (SSSR count). The smallest absolute Gasteiger partial charge is 0.303 e. The van der Waals surface area contributed by atoms with Gasteiger partial charge in [-0.05, 0) is 81.2 Å². The molecule has 7 nitrogen and oxygen atoms in total. The first-order chi connectivity index (χ1) is 20.1. The van der Waals surface area contributed by atoms with Gasteiger partial charge in [0.05, 0.1) is 12.2 Å². The Morgan fingerprint density at radius 3 is 2.59 bits per heavy atom. The van der Waals surface area contributed by atoms with Crippen molar-refractivity contribution in [3.8, 4) is 0 Å². The molecule has 2 saturated heterocycles. The van der Waals surface area contributed by atoms with Gasteiger partial charge in [0.2, 0.25) is 0 Å². The van der Waals surface area contributed by atoms with E-state index in [1.807, 2.05) is 6.08 Å². The van der Waals surface area contributed by atoms with E-state index in [2.05, 4.69) is 48.6 Å². The zero-order chi connectivity index (χ0) is 28.4. The lowest BCUT2D eigenvalue weighted by Crippen LogP contribution is -2.30. The van der Waals surface area contributed by atoms with Crippen LogP contribution in [0.5, 0.6) is 0 Å². The maximum atomic E-state index is 11.2. The normalized spacial score (nSPS) is 30.0. The van der Waals surface area contributed by atoms with E-state index in [1.54, 1.807) is 11.3 Å². The number of carboxylic acids is 1. The molecule has 2 N–H and O–H groups in total. The van der Waals surface area contributed by atoms with Crippen molar-refractivity contribution >= 4 is 27.4 Å². The van der Waals surface area contributed by atoms with Crippen molar-refractivity contribution < 1.29 is 34.0 Å². The van der Waals surface area contributed by atoms with Crippen LogP contribution < -0.4 is 0 Å². The van der Waals surface area contributed by atoms with Gasteiger partial charge in [-0.1, -0.05) is 42.5 Å². The maximum Gasteiger partial charge on any atom is 0.303 e. The molecule has 0 amide bonds. The molecule has 3 aliphatic rings. The number of aliphatic carboxylic acids is 1. The number of ether oxygens (including phenoxy) is 4. The SMILES string of the molecule is O=C(O)CCCC=CC[C@@H]1[C@@H](C=C[C@@H](OC2CCCCO2)c2cc3ccccc3s2)[C@H](OC2CCCCO2)C[C@@H]1O. The standard InChI is InChI=1S/C33H44O7S/c34-26-22-28(40-33-16-8-10-20-38-33)25(24(26)12-3-1-2-4-14-31(35)36)17-18-27(39-32-15-7-9-19-37-32)30-21-23-11-5-6-13-29(23)41-30/h1,3,5-6,11,13,17-18,21,24-28,32-34H,2,4,7-10,12,14-16,19-20,22H2,(H,35,36)/t24-,25-,26+,27-,28-,32?,33?/m1/s1. The molecule has 1 aliphatic carbocycles. The minimum atomic E-state index is -0.770. The number of hydrogen-bond donors (Lipinski definition) is 2. The first kappa shape index (κ1) is 30.4. The largest absolute Gasteiger partial charge is 0.481 e. The number of carboxylic acid groups (broad SMARTS) is 1. The lowest BCUT2D eigenvalue weighted by atomic mass is 9.89. The fraction of sp³-hybridized carbons (Fsp3) is 0.606. The van der Waals surface area contributed by atoms with Gasteiger partial charge < -0.3 is 29.2 Å². The third-order valence-corrected chi connectivity index (χ3v) is 9.54. The van der Waals surface area contributed by atoms with E-state index >= 15 is 0 Å². The summed E-state index contributed by atoms with van der Waals surface area (Å²) >= 11 is 1.75. The molecule has 3 fully saturated rings. The van der Waals surface area contributed by atoms with Crippen LogP contribution in [0.15, 0.2) is 54.6 Å². The highest BCUT2D eigenvalue weighted by molar-refractivity contribution is 7.19. The highest BCUT2D eigenvalue weighted by atomic mass is 32.1. The molecule has 41 heavy (non-hydrogen) atoms. The van der Waals surface area contributed by atoms with Gasteiger partial charge in [0.25, 0.3) is 0 Å². The molecule has 1 aromatic heterocycles. The predicted molar refractivity (Wildman–Crippen MR) is 160 cm³/mol. The van der Waals surface area contributed by atoms with Gasteiger partial charge in [-0.2, -0.15) is 0 Å². The summed E-state index contributed by atoms with van der Waals surface area (Å²) in [5, 5.41) is 21.3. The second-order valence-corrected chi connectivity index (χ2v) is 12.5. The number of aliphatic hydroxyl groups is 1. The van der Waals surface area contributed by atoms with E-state index in [0.29, 0.717) is 32.3 Å². The van der Waals surface area contributed by atoms with Gasteiger partial charge in [-0.25, -0.2) is 0 Å². The molecular weight excluding hydrogens is 540 g/mol. The Morgan fingerprint density at radius 1 is 1.07 bits per heavy atom. The number of rotatable bonds is 13. The topological polar surface area (TPSA) is 94.5 Å². The molecule has 2 aromatic rings. The van der Waals surface area contributed by atoms with E-state index in [0.717, 1.165) is 50.0 Å². The lowest BCUT2D eigenvalue weighted by Gasteiger charge is -2.29. The van der Waals surface area contributed by atoms with Gasteiger partial charge in [0.15, 0.2) is 12.6 Å². The van der Waals surface area contributed by atoms with Crippen molar-refractivity contribution in [2.24, 2.45) is 11.8 Å². The van der Waals surface area contributed by atoms with Crippen molar-refractivity contribution in [3.63, 3.8) is 0 Å². The third-order valence-electron chi connectivity index (χ3n) is 8.36. The lowest BCUT2D eigenvalue weighted by molar-refractivity contribution is -0.193. The summed E-state index contributed by atoms with van der Waals surface area (Å²) in [4.78, 5) is 12.0. The first-order valence-electron chi connectivity index (χ1n) is 15.3. The van der Waals surface area contributed by atoms with Gasteiger partial charge in [0.1, 0.15) is 6.10 Å². The number of thiophene rings is 1. The molecule has 1 saturated carbocycles. The summed E-state index contributed by atoms with van der Waals surface area (Å²) in [5.74, 6) is -0.787. The molecule has 7 atom stereocenters. The van der Waals surface area contributed by atoms with Crippen molar-refractivity contribution in [2.75, 3.05) is 13.2 Å². The number of benzene rings is 1. The third kappa shape index (κ3) is 8.72. The number of aliphatic hydroxyl groups excluding tert-OH is 1. The second kappa shape index (κ2) is 15.4. The number of carbonyl (C=O) groups is 1. The summed E-state index contributed by atoms with van der Waals surface area (Å²) in [6.07, 6.45) is 16.0. The Morgan fingerprint density at radius 2 is 1.85 bits per heavy atom. The number of unbranched alkanes of at least 4 members (excludes halogenated alkanes) is 1. The summed E-state index contributed by atoms with van der Waals surface area (Å²) in [6, 6.07) is 10.6. The van der Waals surface area contributed by atoms with Crippen LogP contribution >= 0.6 is 11.3 Å². The predicted octanol–water partition coefficient (Wildman–Crippen LogP) is 7.15. The molecule has 224 valence electrons. The molecule has 0 radical (unpaired) electrons. The van der Waals surface area contributed by atoms with Gasteiger partial charge in [-0.15, -0.1) is 11.3 Å². The Labute approximate surface area is 247 Å². The summed E-state index contributed by atoms with van der Waals surface area (Å²) < 4.78 is 26.1. The van der Waals surface area contributed by atoms with E-state index in [4.69, 9.17) is 24.1 Å². The Balaban J connectivity index is 1.35. The first-order valence-corrected chi connectivity index (χ1v) is 16.1. The molecule has 2 unspecified atom stereocenters. The molecule has 1 aromatic carbocycles. The van der Waals surface area contributed by atoms with Gasteiger partial charge >= 0.3 is 5.97 Å². The van der Waals surface area contributed by atoms with Crippen molar-refractivity contribution in [2.45, 2.75) is 102 Å². The summed E-state index contributed by atoms with van der Waals surface area (Å²) in [6.45, 7) is 1.44. The zero-order valence-corrected chi connectivity index (χ0v) is 24.6. The van der Waals surface area contributed by atoms with E-state index < -0.39 is 12.1 Å². The van der Waals surface area contributed by atoms with Crippen LogP contribution in [-0.4, -0.2) is 54.2 Å². The minimum Gasteiger partial charge on any atom is -0.481 e. The summed E-state index contributed by atoms with van der Waals surface area (Å²) in [7, 11) is 0. The number of allylic oxidation sites excluding steroid dienone is 2. The minimum absolute atomic E-state index is 0.00745. The molecule has 3 heterocycles. The van der Waals surface area contributed by atoms with E-state index in [1.165, 1.54) is 10.1 Å². The summed E-state index contributed by atoms with van der Waals surface area (Å²) in [5.41, 5.74) is 0. The Kier molecular flexibility index (Phi) is 11.4. The van der Waals surface area contributed by atoms with Crippen LogP contribution in [0.1, 0.15) is 81.6 Å². The van der Waals surface area contributed by atoms with Crippen molar-refractivity contribution in [1.29, 1.82) is 0 Å². The Hall–Kier alpha value is -2.07. The quantitative estimate of drug-likeness (QED) is 0.191. The van der Waals surface area contributed by atoms with E-state index in [-0.39, 0.29) is 43.0 Å². The molecular formula is C33H44O7S. The zero-order valence-electron chi connectivity index (χ0n) is 23.8. The van der Waals surface area contributed by atoms with Crippen LogP contribution in [0.4, 0.5) is 0 Å². The average Bonchev–Trinajstić information content (AvgIpc) is 3.54. The fourth-order valence-corrected chi connectivity index (χ4v) is 7.23. The second-order valence-electron chi connectivity index (χ2n) is 11.4. The van der Waals surface area contributed by atoms with Crippen molar-refractivity contribution in [3.05, 3.63) is 59.5 Å². The average molecular weight is 585 g/mol. The van der Waals surface area contributed by atoms with Crippen LogP contribution in [0, 0.1) is 11.8 Å². The van der Waals surface area contributed by atoms with Crippen LogP contribution in [0.25, 0.3) is 10.1 Å². The maximum absolute atomic E-state index is 11.2. The number of hydrogen-bond acceptors (Lipinski definition) is 7. The van der Waals surface area contributed by atoms with Crippen LogP contribution in [-0.2, 0) is 23.7 Å². The fourth-order valence-electron chi connectivity index (χ4n) is 6.15. The molecule has 2 aliphatic heterocycles. The number of fused-ring (bicyclic) bond motifs is 1. The van der Waals surface area contributed by atoms with Gasteiger partial charge in [-0.3, -0.25) is 4.79 Å². The van der Waals surface area contributed by atoms with Gasteiger partial charge in [0, 0.05) is 41.6 Å². The molecule has 8 heteroatoms. The highest BCUT2D eigenvalue weighted by Gasteiger charge is 2.42. The molecule has 0 bridgehead atoms. The van der Waals surface area contributed by atoms with Crippen LogP contribution in [0.2, 0.25) is 0 Å². The highest BCUT2D eigenvalue weighted by Crippen LogP contribution is 2.41. The molecule has 0 spiro atoms. The van der Waals surface area contributed by atoms with E-state index in [9.17, 15) is 9.90 Å². The van der Waals surface area contributed by atoms with Crippen molar-refractivity contribution in [1.82, 2.24) is 0 Å². The monoisotopic (exact) mass is 584 g/mol.